The minimum absolute atomic E-state index is 0.00287. The lowest BCUT2D eigenvalue weighted by molar-refractivity contribution is 0.0926. The normalized spacial score (nSPS) is 10.7. The lowest BCUT2D eigenvalue weighted by Crippen LogP contribution is -2.34. The number of nitrogens with one attached hydrogen (secondary N) is 1. The van der Waals surface area contributed by atoms with Gasteiger partial charge in [0, 0.05) is 23.8 Å². The molecule has 1 amide bonds. The second-order valence-electron chi connectivity index (χ2n) is 3.64. The Morgan fingerprint density at radius 2 is 2.13 bits per heavy atom. The van der Waals surface area contributed by atoms with Crippen molar-refractivity contribution in [3.05, 3.63) is 22.4 Å². The highest BCUT2D eigenvalue weighted by Gasteiger charge is 2.13. The zero-order valence-corrected chi connectivity index (χ0v) is 11.0. The lowest BCUT2D eigenvalue weighted by Gasteiger charge is -2.14. The molecule has 0 aliphatic carbocycles. The molecule has 0 fully saturated rings. The third kappa shape index (κ3) is 3.09. The Balaban J connectivity index is 2.72. The average Bonchev–Trinajstić information content (AvgIpc) is 2.54. The molecule has 0 aliphatic heterocycles. The van der Waals surface area contributed by atoms with Gasteiger partial charge in [-0.05, 0) is 34.8 Å². The molecule has 84 valence electrons. The molecule has 0 bridgehead atoms. The van der Waals surface area contributed by atoms with E-state index in [9.17, 15) is 4.79 Å². The van der Waals surface area contributed by atoms with Crippen LogP contribution in [0.25, 0.3) is 0 Å². The fourth-order valence-corrected chi connectivity index (χ4v) is 2.03. The van der Waals surface area contributed by atoms with Crippen molar-refractivity contribution in [3.8, 4) is 0 Å². The van der Waals surface area contributed by atoms with Crippen molar-refractivity contribution in [2.75, 3.05) is 0 Å². The number of nitrogens with zero attached hydrogens (tertiary/aromatic N) is 1. The van der Waals surface area contributed by atoms with Crippen LogP contribution >= 0.6 is 15.9 Å². The number of aromatic nitrogens is 1. The fraction of sp³-hybridized carbons (Fsp3) is 0.545. The summed E-state index contributed by atoms with van der Waals surface area (Å²) in [4.78, 5) is 11.9. The number of amides is 1. The molecule has 1 aromatic rings. The summed E-state index contributed by atoms with van der Waals surface area (Å²) in [5, 5.41) is 3.01. The van der Waals surface area contributed by atoms with Crippen LogP contribution in [0.4, 0.5) is 0 Å². The molecule has 0 saturated carbocycles. The minimum Gasteiger partial charge on any atom is -0.348 e. The van der Waals surface area contributed by atoms with Gasteiger partial charge < -0.3 is 9.88 Å². The quantitative estimate of drug-likeness (QED) is 0.899. The highest BCUT2D eigenvalue weighted by Crippen LogP contribution is 2.13. The molecule has 3 nitrogen and oxygen atoms in total. The van der Waals surface area contributed by atoms with E-state index in [-0.39, 0.29) is 11.9 Å². The third-order valence-electron chi connectivity index (χ3n) is 2.53. The molecule has 1 aromatic heterocycles. The first-order chi connectivity index (χ1) is 7.08. The van der Waals surface area contributed by atoms with Crippen molar-refractivity contribution in [1.82, 2.24) is 9.88 Å². The zero-order chi connectivity index (χ0) is 11.4. The number of carbonyl (C=O) groups is 1. The first-order valence-electron chi connectivity index (χ1n) is 5.21. The van der Waals surface area contributed by atoms with Crippen molar-refractivity contribution in [2.24, 2.45) is 7.05 Å². The van der Waals surface area contributed by atoms with Gasteiger partial charge in [-0.3, -0.25) is 4.79 Å². The third-order valence-corrected chi connectivity index (χ3v) is 2.96. The summed E-state index contributed by atoms with van der Waals surface area (Å²) in [5.41, 5.74) is 0.689. The van der Waals surface area contributed by atoms with E-state index in [1.807, 2.05) is 23.9 Å². The molecular formula is C11H17BrN2O. The monoisotopic (exact) mass is 272 g/mol. The van der Waals surface area contributed by atoms with Crippen LogP contribution in [0.1, 0.15) is 37.2 Å². The smallest absolute Gasteiger partial charge is 0.268 e. The van der Waals surface area contributed by atoms with Gasteiger partial charge in [0.15, 0.2) is 0 Å². The van der Waals surface area contributed by atoms with Crippen molar-refractivity contribution in [2.45, 2.75) is 32.7 Å². The Labute approximate surface area is 99.0 Å². The van der Waals surface area contributed by atoms with E-state index in [4.69, 9.17) is 0 Å². The molecular weight excluding hydrogens is 256 g/mol. The van der Waals surface area contributed by atoms with Crippen LogP contribution in [-0.2, 0) is 7.05 Å². The Kier molecular flexibility index (Phi) is 4.39. The van der Waals surface area contributed by atoms with Gasteiger partial charge in [0.25, 0.3) is 5.91 Å². The van der Waals surface area contributed by atoms with Gasteiger partial charge in [-0.15, -0.1) is 0 Å². The van der Waals surface area contributed by atoms with E-state index >= 15 is 0 Å². The van der Waals surface area contributed by atoms with Crippen LogP contribution in [0.5, 0.6) is 0 Å². The van der Waals surface area contributed by atoms with Crippen LogP contribution in [0.15, 0.2) is 16.7 Å². The minimum atomic E-state index is -0.00287. The summed E-state index contributed by atoms with van der Waals surface area (Å²) < 4.78 is 2.75. The Morgan fingerprint density at radius 1 is 1.53 bits per heavy atom. The molecule has 0 spiro atoms. The van der Waals surface area contributed by atoms with Crippen LogP contribution in [0, 0.1) is 0 Å². The van der Waals surface area contributed by atoms with Crippen molar-refractivity contribution in [3.63, 3.8) is 0 Å². The van der Waals surface area contributed by atoms with Crippen molar-refractivity contribution in [1.29, 1.82) is 0 Å². The topological polar surface area (TPSA) is 34.0 Å². The number of aryl methyl sites for hydroxylation is 1. The zero-order valence-electron chi connectivity index (χ0n) is 9.38. The van der Waals surface area contributed by atoms with Gasteiger partial charge in [0.1, 0.15) is 5.69 Å². The second-order valence-corrected chi connectivity index (χ2v) is 4.56. The van der Waals surface area contributed by atoms with Gasteiger partial charge in [0.05, 0.1) is 0 Å². The number of carbonyl (C=O) groups excluding carboxylic acids is 1. The second kappa shape index (κ2) is 5.35. The highest BCUT2D eigenvalue weighted by molar-refractivity contribution is 9.10. The molecule has 4 heteroatoms. The van der Waals surface area contributed by atoms with Gasteiger partial charge in [-0.25, -0.2) is 0 Å². The largest absolute Gasteiger partial charge is 0.348 e. The molecule has 1 rings (SSSR count). The van der Waals surface area contributed by atoms with Gasteiger partial charge in [0.2, 0.25) is 0 Å². The molecule has 0 unspecified atom stereocenters. The summed E-state index contributed by atoms with van der Waals surface area (Å²) in [5.74, 6) is -0.00287. The maximum Gasteiger partial charge on any atom is 0.268 e. The molecule has 0 radical (unpaired) electrons. The maximum atomic E-state index is 11.9. The van der Waals surface area contributed by atoms with Gasteiger partial charge in [-0.1, -0.05) is 13.8 Å². The Morgan fingerprint density at radius 3 is 2.53 bits per heavy atom. The summed E-state index contributed by atoms with van der Waals surface area (Å²) >= 11 is 3.35. The summed E-state index contributed by atoms with van der Waals surface area (Å²) in [6, 6.07) is 2.10. The predicted molar refractivity (Wildman–Crippen MR) is 64.9 cm³/mol. The van der Waals surface area contributed by atoms with E-state index in [0.717, 1.165) is 17.3 Å². The molecule has 0 aliphatic rings. The molecule has 0 atom stereocenters. The highest BCUT2D eigenvalue weighted by atomic mass is 79.9. The van der Waals surface area contributed by atoms with Crippen LogP contribution < -0.4 is 5.32 Å². The number of rotatable bonds is 4. The Hall–Kier alpha value is -0.770. The van der Waals surface area contributed by atoms with E-state index in [1.165, 1.54) is 0 Å². The maximum absolute atomic E-state index is 11.9. The van der Waals surface area contributed by atoms with E-state index < -0.39 is 0 Å². The number of halogens is 1. The standard InChI is InChI=1S/C11H17BrN2O/c1-4-9(5-2)13-11(15)10-6-8(12)7-14(10)3/h6-7,9H,4-5H2,1-3H3,(H,13,15). The predicted octanol–water partition coefficient (Wildman–Crippen LogP) is 2.71. The summed E-state index contributed by atoms with van der Waals surface area (Å²) in [6.07, 6.45) is 3.81. The van der Waals surface area contributed by atoms with E-state index in [2.05, 4.69) is 35.1 Å². The van der Waals surface area contributed by atoms with E-state index in [1.54, 1.807) is 0 Å². The van der Waals surface area contributed by atoms with Crippen LogP contribution in [-0.4, -0.2) is 16.5 Å². The Bertz CT molecular complexity index is 342. The molecule has 0 saturated heterocycles. The van der Waals surface area contributed by atoms with E-state index in [0.29, 0.717) is 5.69 Å². The fourth-order valence-electron chi connectivity index (χ4n) is 1.50. The average molecular weight is 273 g/mol. The summed E-state index contributed by atoms with van der Waals surface area (Å²) in [6.45, 7) is 4.16. The number of hydrogen-bond donors (Lipinski definition) is 1. The lowest BCUT2D eigenvalue weighted by atomic mass is 10.1. The van der Waals surface area contributed by atoms with Gasteiger partial charge in [-0.2, -0.15) is 0 Å². The summed E-state index contributed by atoms with van der Waals surface area (Å²) in [7, 11) is 1.87. The van der Waals surface area contributed by atoms with Crippen molar-refractivity contribution >= 4 is 21.8 Å². The first kappa shape index (κ1) is 12.3. The number of hydrogen-bond acceptors (Lipinski definition) is 1. The molecule has 15 heavy (non-hydrogen) atoms. The van der Waals surface area contributed by atoms with Crippen LogP contribution in [0.2, 0.25) is 0 Å². The first-order valence-corrected chi connectivity index (χ1v) is 6.00. The molecule has 0 aromatic carbocycles. The molecule has 1 N–H and O–H groups in total. The van der Waals surface area contributed by atoms with Gasteiger partial charge >= 0.3 is 0 Å². The van der Waals surface area contributed by atoms with Crippen molar-refractivity contribution < 1.29 is 4.79 Å². The molecule has 1 heterocycles. The van der Waals surface area contributed by atoms with Crippen LogP contribution in [0.3, 0.4) is 0 Å². The SMILES string of the molecule is CCC(CC)NC(=O)c1cc(Br)cn1C.